The van der Waals surface area contributed by atoms with Crippen LogP contribution in [0.3, 0.4) is 0 Å². The fraction of sp³-hybridized carbons (Fsp3) is 0.0500. The van der Waals surface area contributed by atoms with Gasteiger partial charge < -0.3 is 4.74 Å². The number of para-hydroxylation sites is 1. The van der Waals surface area contributed by atoms with Crippen LogP contribution in [0.25, 0.3) is 0 Å². The summed E-state index contributed by atoms with van der Waals surface area (Å²) in [6, 6.07) is 14.7. The zero-order valence-electron chi connectivity index (χ0n) is 16.1. The Hall–Kier alpha value is -3.63. The van der Waals surface area contributed by atoms with Crippen LogP contribution in [0.15, 0.2) is 71.8 Å². The number of anilines is 1. The van der Waals surface area contributed by atoms with E-state index >= 15 is 0 Å². The molecule has 0 bridgehead atoms. The first-order valence-electron chi connectivity index (χ1n) is 8.78. The Bertz CT molecular complexity index is 1220. The Labute approximate surface area is 183 Å². The Kier molecular flexibility index (Phi) is 6.73. The first kappa shape index (κ1) is 22.1. The van der Waals surface area contributed by atoms with Gasteiger partial charge in [0.25, 0.3) is 21.8 Å². The highest BCUT2D eigenvalue weighted by atomic mass is 35.5. The minimum Gasteiger partial charge on any atom is -0.481 e. The summed E-state index contributed by atoms with van der Waals surface area (Å²) in [5.74, 6) is -0.971. The number of nitrogens with zero attached hydrogens (tertiary/aromatic N) is 1. The third kappa shape index (κ3) is 5.50. The number of hydrazine groups is 1. The van der Waals surface area contributed by atoms with Crippen molar-refractivity contribution in [2.24, 2.45) is 0 Å². The first-order valence-corrected chi connectivity index (χ1v) is 10.6. The standard InChI is InChI=1S/C20H17ClN4O5S/c1-30-18-10-9-14(12-22-18)20(27)24-23-19(26)13-5-4-6-15(11-13)31(28,29)25-17-8-3-2-7-16(17)21/h2-12,25H,1H3,(H,23,26)(H,24,27). The second kappa shape index (κ2) is 9.45. The lowest BCUT2D eigenvalue weighted by molar-refractivity contribution is 0.0846. The number of sulfonamides is 1. The van der Waals surface area contributed by atoms with Crippen molar-refractivity contribution >= 4 is 39.1 Å². The predicted molar refractivity (Wildman–Crippen MR) is 114 cm³/mol. The average molecular weight is 461 g/mol. The predicted octanol–water partition coefficient (Wildman–Crippen LogP) is 2.62. The molecule has 0 spiro atoms. The van der Waals surface area contributed by atoms with E-state index in [0.29, 0.717) is 5.88 Å². The molecule has 11 heteroatoms. The van der Waals surface area contributed by atoms with Crippen molar-refractivity contribution in [2.45, 2.75) is 4.90 Å². The summed E-state index contributed by atoms with van der Waals surface area (Å²) < 4.78 is 32.6. The van der Waals surface area contributed by atoms with Crippen LogP contribution in [0.2, 0.25) is 5.02 Å². The summed E-state index contributed by atoms with van der Waals surface area (Å²) in [6.45, 7) is 0. The molecule has 0 fully saturated rings. The molecule has 0 aliphatic rings. The van der Waals surface area contributed by atoms with Gasteiger partial charge in [0.1, 0.15) is 0 Å². The SMILES string of the molecule is COc1ccc(C(=O)NNC(=O)c2cccc(S(=O)(=O)Nc3ccccc3Cl)c2)cn1. The maximum absolute atomic E-state index is 12.6. The fourth-order valence-electron chi connectivity index (χ4n) is 2.45. The average Bonchev–Trinajstić information content (AvgIpc) is 2.79. The summed E-state index contributed by atoms with van der Waals surface area (Å²) in [6.07, 6.45) is 1.29. The number of hydrogen-bond acceptors (Lipinski definition) is 6. The normalized spacial score (nSPS) is 10.8. The zero-order valence-corrected chi connectivity index (χ0v) is 17.7. The number of carbonyl (C=O) groups is 2. The number of halogens is 1. The molecule has 0 aliphatic heterocycles. The number of pyridine rings is 1. The maximum atomic E-state index is 12.6. The van der Waals surface area contributed by atoms with E-state index in [-0.39, 0.29) is 26.7 Å². The van der Waals surface area contributed by atoms with E-state index in [9.17, 15) is 18.0 Å². The second-order valence-corrected chi connectivity index (χ2v) is 8.20. The largest absolute Gasteiger partial charge is 0.481 e. The van der Waals surface area contributed by atoms with Crippen molar-refractivity contribution in [1.29, 1.82) is 0 Å². The van der Waals surface area contributed by atoms with E-state index in [4.69, 9.17) is 16.3 Å². The van der Waals surface area contributed by atoms with Gasteiger partial charge >= 0.3 is 0 Å². The lowest BCUT2D eigenvalue weighted by Crippen LogP contribution is -2.41. The molecular weight excluding hydrogens is 444 g/mol. The van der Waals surface area contributed by atoms with Crippen LogP contribution in [-0.4, -0.2) is 32.3 Å². The monoisotopic (exact) mass is 460 g/mol. The Morgan fingerprint density at radius 3 is 2.29 bits per heavy atom. The molecule has 2 amide bonds. The van der Waals surface area contributed by atoms with Gasteiger partial charge in [-0.3, -0.25) is 25.2 Å². The van der Waals surface area contributed by atoms with Crippen LogP contribution in [-0.2, 0) is 10.0 Å². The molecule has 160 valence electrons. The maximum Gasteiger partial charge on any atom is 0.271 e. The van der Waals surface area contributed by atoms with Crippen LogP contribution in [0.1, 0.15) is 20.7 Å². The number of aromatic nitrogens is 1. The number of methoxy groups -OCH3 is 1. The van der Waals surface area contributed by atoms with Crippen molar-refractivity contribution in [3.8, 4) is 5.88 Å². The van der Waals surface area contributed by atoms with E-state index in [1.54, 1.807) is 18.2 Å². The van der Waals surface area contributed by atoms with Crippen molar-refractivity contribution in [2.75, 3.05) is 11.8 Å². The summed E-state index contributed by atoms with van der Waals surface area (Å²) in [5, 5.41) is 0.232. The van der Waals surface area contributed by atoms with Crippen molar-refractivity contribution < 1.29 is 22.7 Å². The third-order valence-electron chi connectivity index (χ3n) is 4.02. The van der Waals surface area contributed by atoms with Crippen LogP contribution < -0.4 is 20.3 Å². The van der Waals surface area contributed by atoms with Gasteiger partial charge in [-0.25, -0.2) is 13.4 Å². The minimum atomic E-state index is -3.99. The van der Waals surface area contributed by atoms with Crippen LogP contribution in [0.4, 0.5) is 5.69 Å². The second-order valence-electron chi connectivity index (χ2n) is 6.11. The molecule has 1 aromatic heterocycles. The Morgan fingerprint density at radius 1 is 0.935 bits per heavy atom. The van der Waals surface area contributed by atoms with Crippen molar-refractivity contribution in [3.05, 3.63) is 83.0 Å². The highest BCUT2D eigenvalue weighted by Gasteiger charge is 2.18. The third-order valence-corrected chi connectivity index (χ3v) is 5.71. The van der Waals surface area contributed by atoms with Crippen molar-refractivity contribution in [1.82, 2.24) is 15.8 Å². The quantitative estimate of drug-likeness (QED) is 0.485. The van der Waals surface area contributed by atoms with Gasteiger partial charge in [0.05, 0.1) is 28.3 Å². The molecule has 3 N–H and O–H groups in total. The van der Waals surface area contributed by atoms with E-state index in [1.807, 2.05) is 0 Å². The number of hydrogen-bond donors (Lipinski definition) is 3. The lowest BCUT2D eigenvalue weighted by Gasteiger charge is -2.11. The summed E-state index contributed by atoms with van der Waals surface area (Å²) in [5.41, 5.74) is 4.89. The number of nitrogens with one attached hydrogen (secondary N) is 3. The van der Waals surface area contributed by atoms with Gasteiger partial charge in [-0.05, 0) is 36.4 Å². The molecule has 9 nitrogen and oxygen atoms in total. The fourth-order valence-corrected chi connectivity index (χ4v) is 3.81. The molecule has 0 aliphatic carbocycles. The number of carbonyl (C=O) groups excluding carboxylic acids is 2. The van der Waals surface area contributed by atoms with E-state index in [1.165, 1.54) is 55.8 Å². The van der Waals surface area contributed by atoms with Crippen molar-refractivity contribution in [3.63, 3.8) is 0 Å². The molecule has 0 saturated heterocycles. The van der Waals surface area contributed by atoms with Crippen LogP contribution in [0.5, 0.6) is 5.88 Å². The lowest BCUT2D eigenvalue weighted by atomic mass is 10.2. The van der Waals surface area contributed by atoms with Gasteiger partial charge in [0, 0.05) is 17.8 Å². The molecule has 0 radical (unpaired) electrons. The van der Waals surface area contributed by atoms with Gasteiger partial charge in [-0.2, -0.15) is 0 Å². The highest BCUT2D eigenvalue weighted by Crippen LogP contribution is 2.24. The van der Waals surface area contributed by atoms with Gasteiger partial charge in [0.2, 0.25) is 5.88 Å². The van der Waals surface area contributed by atoms with E-state index in [0.717, 1.165) is 0 Å². The topological polar surface area (TPSA) is 126 Å². The van der Waals surface area contributed by atoms with E-state index in [2.05, 4.69) is 20.6 Å². The smallest absolute Gasteiger partial charge is 0.271 e. The molecular formula is C20H17ClN4O5S. The molecule has 3 aromatic rings. The van der Waals surface area contributed by atoms with Gasteiger partial charge in [0.15, 0.2) is 0 Å². The molecule has 31 heavy (non-hydrogen) atoms. The molecule has 2 aromatic carbocycles. The summed E-state index contributed by atoms with van der Waals surface area (Å²) in [4.78, 5) is 28.2. The zero-order chi connectivity index (χ0) is 22.4. The van der Waals surface area contributed by atoms with Gasteiger partial charge in [-0.15, -0.1) is 0 Å². The van der Waals surface area contributed by atoms with Gasteiger partial charge in [-0.1, -0.05) is 29.8 Å². The van der Waals surface area contributed by atoms with Crippen LogP contribution in [0, 0.1) is 0 Å². The summed E-state index contributed by atoms with van der Waals surface area (Å²) >= 11 is 6.00. The first-order chi connectivity index (χ1) is 14.8. The minimum absolute atomic E-state index is 0.0233. The summed E-state index contributed by atoms with van der Waals surface area (Å²) in [7, 11) is -2.55. The Morgan fingerprint density at radius 2 is 1.65 bits per heavy atom. The number of amides is 2. The number of rotatable bonds is 6. The molecule has 3 rings (SSSR count). The van der Waals surface area contributed by atoms with Crippen LogP contribution >= 0.6 is 11.6 Å². The number of benzene rings is 2. The molecule has 1 heterocycles. The molecule has 0 atom stereocenters. The molecule has 0 unspecified atom stereocenters. The number of ether oxygens (including phenoxy) is 1. The van der Waals surface area contributed by atoms with E-state index < -0.39 is 21.8 Å². The Balaban J connectivity index is 1.69. The molecule has 0 saturated carbocycles. The highest BCUT2D eigenvalue weighted by molar-refractivity contribution is 7.92.